The number of piperidine rings is 1. The first-order chi connectivity index (χ1) is 10.6. The highest BCUT2D eigenvalue weighted by molar-refractivity contribution is 5.75. The van der Waals surface area contributed by atoms with Crippen LogP contribution in [0.1, 0.15) is 30.9 Å². The molecule has 1 saturated heterocycles. The molecule has 122 valence electrons. The lowest BCUT2D eigenvalue weighted by molar-refractivity contribution is -0.121. The lowest BCUT2D eigenvalue weighted by Gasteiger charge is -2.33. The Morgan fingerprint density at radius 2 is 2.18 bits per heavy atom. The molecule has 0 radical (unpaired) electrons. The summed E-state index contributed by atoms with van der Waals surface area (Å²) in [5.41, 5.74) is 0.881. The number of β-amino-alcohol motifs (C(OH)–C–C–N with tert-alkyl or cyclic N) is 1. The molecule has 0 aliphatic carbocycles. The van der Waals surface area contributed by atoms with Gasteiger partial charge in [0.15, 0.2) is 0 Å². The van der Waals surface area contributed by atoms with E-state index in [4.69, 9.17) is 4.74 Å². The number of aliphatic hydroxyl groups is 1. The minimum Gasteiger partial charge on any atom is -0.497 e. The Morgan fingerprint density at radius 3 is 2.82 bits per heavy atom. The Hall–Kier alpha value is -1.59. The molecule has 1 fully saturated rings. The largest absolute Gasteiger partial charge is 0.497 e. The number of likely N-dealkylation sites (tertiary alicyclic amines) is 1. The van der Waals surface area contributed by atoms with Crippen molar-refractivity contribution in [2.45, 2.75) is 25.4 Å². The van der Waals surface area contributed by atoms with Crippen molar-refractivity contribution in [2.24, 2.45) is 5.92 Å². The van der Waals surface area contributed by atoms with Crippen molar-refractivity contribution in [1.29, 1.82) is 0 Å². The minimum atomic E-state index is -0.509. The van der Waals surface area contributed by atoms with Crippen molar-refractivity contribution < 1.29 is 14.6 Å². The Kier molecular flexibility index (Phi) is 6.21. The number of carbonyl (C=O) groups is 1. The summed E-state index contributed by atoms with van der Waals surface area (Å²) in [6.07, 6.45) is 2.13. The number of rotatable bonds is 6. The van der Waals surface area contributed by atoms with E-state index < -0.39 is 6.10 Å². The molecule has 0 spiro atoms. The van der Waals surface area contributed by atoms with Gasteiger partial charge in [-0.25, -0.2) is 0 Å². The van der Waals surface area contributed by atoms with E-state index in [-0.39, 0.29) is 5.91 Å². The quantitative estimate of drug-likeness (QED) is 0.837. The molecule has 1 aromatic carbocycles. The monoisotopic (exact) mass is 306 g/mol. The summed E-state index contributed by atoms with van der Waals surface area (Å²) in [4.78, 5) is 13.7. The SMILES string of the molecule is CNC(=O)CC1CCN(CC(O)c2cccc(OC)c2)CC1. The van der Waals surface area contributed by atoms with E-state index in [0.29, 0.717) is 18.9 Å². The van der Waals surface area contributed by atoms with Crippen LogP contribution < -0.4 is 10.1 Å². The van der Waals surface area contributed by atoms with E-state index in [1.807, 2.05) is 24.3 Å². The van der Waals surface area contributed by atoms with Gasteiger partial charge in [-0.3, -0.25) is 4.79 Å². The second-order valence-corrected chi connectivity index (χ2v) is 5.91. The number of amides is 1. The molecule has 1 unspecified atom stereocenters. The van der Waals surface area contributed by atoms with Crippen molar-refractivity contribution in [2.75, 3.05) is 33.8 Å². The Bertz CT molecular complexity index is 485. The minimum absolute atomic E-state index is 0.120. The number of nitrogens with zero attached hydrogens (tertiary/aromatic N) is 1. The van der Waals surface area contributed by atoms with Gasteiger partial charge >= 0.3 is 0 Å². The highest BCUT2D eigenvalue weighted by atomic mass is 16.5. The first-order valence-electron chi connectivity index (χ1n) is 7.87. The average molecular weight is 306 g/mol. The van der Waals surface area contributed by atoms with Gasteiger partial charge in [0.25, 0.3) is 0 Å². The molecule has 1 amide bonds. The molecule has 0 saturated carbocycles. The maximum Gasteiger partial charge on any atom is 0.220 e. The van der Waals surface area contributed by atoms with Crippen LogP contribution in [-0.2, 0) is 4.79 Å². The first-order valence-corrected chi connectivity index (χ1v) is 7.87. The third-order valence-electron chi connectivity index (χ3n) is 4.37. The van der Waals surface area contributed by atoms with Crippen LogP contribution in [0.2, 0.25) is 0 Å². The molecule has 5 nitrogen and oxygen atoms in total. The summed E-state index contributed by atoms with van der Waals surface area (Å²) in [6.45, 7) is 2.49. The Balaban J connectivity index is 1.81. The number of methoxy groups -OCH3 is 1. The maximum absolute atomic E-state index is 11.4. The molecule has 2 rings (SSSR count). The number of ether oxygens (including phenoxy) is 1. The standard InChI is InChI=1S/C17H26N2O3/c1-18-17(21)10-13-6-8-19(9-7-13)12-16(20)14-4-3-5-15(11-14)22-2/h3-5,11,13,16,20H,6-10,12H2,1-2H3,(H,18,21). The number of benzene rings is 1. The second kappa shape index (κ2) is 8.15. The summed E-state index contributed by atoms with van der Waals surface area (Å²) in [5, 5.41) is 13.1. The first kappa shape index (κ1) is 16.8. The number of carbonyl (C=O) groups excluding carboxylic acids is 1. The van der Waals surface area contributed by atoms with Crippen LogP contribution in [-0.4, -0.2) is 49.7 Å². The molecule has 1 atom stereocenters. The van der Waals surface area contributed by atoms with Crippen LogP contribution >= 0.6 is 0 Å². The zero-order chi connectivity index (χ0) is 15.9. The smallest absolute Gasteiger partial charge is 0.220 e. The summed E-state index contributed by atoms with van der Waals surface area (Å²) in [5.74, 6) is 1.35. The average Bonchev–Trinajstić information content (AvgIpc) is 2.56. The topological polar surface area (TPSA) is 61.8 Å². The predicted molar refractivity (Wildman–Crippen MR) is 85.8 cm³/mol. The van der Waals surface area contributed by atoms with Gasteiger partial charge in [-0.2, -0.15) is 0 Å². The van der Waals surface area contributed by atoms with Gasteiger partial charge < -0.3 is 20.1 Å². The Morgan fingerprint density at radius 1 is 1.45 bits per heavy atom. The van der Waals surface area contributed by atoms with E-state index in [9.17, 15) is 9.90 Å². The zero-order valence-corrected chi connectivity index (χ0v) is 13.4. The second-order valence-electron chi connectivity index (χ2n) is 5.91. The fraction of sp³-hybridized carbons (Fsp3) is 0.588. The third kappa shape index (κ3) is 4.71. The third-order valence-corrected chi connectivity index (χ3v) is 4.37. The predicted octanol–water partition coefficient (Wildman–Crippen LogP) is 1.58. The summed E-state index contributed by atoms with van der Waals surface area (Å²) in [6, 6.07) is 7.57. The lowest BCUT2D eigenvalue weighted by Crippen LogP contribution is -2.37. The molecule has 0 bridgehead atoms. The molecule has 0 aromatic heterocycles. The van der Waals surface area contributed by atoms with Crippen LogP contribution in [0.3, 0.4) is 0 Å². The van der Waals surface area contributed by atoms with Gasteiger partial charge in [0, 0.05) is 20.0 Å². The van der Waals surface area contributed by atoms with Crippen LogP contribution in [0, 0.1) is 5.92 Å². The van der Waals surface area contributed by atoms with Crippen molar-refractivity contribution in [3.05, 3.63) is 29.8 Å². The van der Waals surface area contributed by atoms with E-state index >= 15 is 0 Å². The van der Waals surface area contributed by atoms with Crippen molar-refractivity contribution in [1.82, 2.24) is 10.2 Å². The molecular weight excluding hydrogens is 280 g/mol. The van der Waals surface area contributed by atoms with E-state index in [2.05, 4.69) is 10.2 Å². The highest BCUT2D eigenvalue weighted by Crippen LogP contribution is 2.24. The molecule has 1 aromatic rings. The van der Waals surface area contributed by atoms with E-state index in [0.717, 1.165) is 37.2 Å². The summed E-state index contributed by atoms with van der Waals surface area (Å²) < 4.78 is 5.19. The fourth-order valence-corrected chi connectivity index (χ4v) is 2.94. The van der Waals surface area contributed by atoms with Gasteiger partial charge in [-0.05, 0) is 49.5 Å². The van der Waals surface area contributed by atoms with Gasteiger partial charge in [-0.15, -0.1) is 0 Å². The maximum atomic E-state index is 11.4. The molecule has 22 heavy (non-hydrogen) atoms. The van der Waals surface area contributed by atoms with Crippen LogP contribution in [0.15, 0.2) is 24.3 Å². The molecule has 2 N–H and O–H groups in total. The summed E-state index contributed by atoms with van der Waals surface area (Å²) >= 11 is 0. The number of aliphatic hydroxyl groups excluding tert-OH is 1. The number of nitrogens with one attached hydrogen (secondary N) is 1. The van der Waals surface area contributed by atoms with Crippen LogP contribution in [0.4, 0.5) is 0 Å². The molecular formula is C17H26N2O3. The molecule has 1 heterocycles. The van der Waals surface area contributed by atoms with Gasteiger partial charge in [0.05, 0.1) is 13.2 Å². The Labute approximate surface area is 132 Å². The van der Waals surface area contributed by atoms with E-state index in [1.165, 1.54) is 0 Å². The molecule has 5 heteroatoms. The normalized spacial score (nSPS) is 18.0. The van der Waals surface area contributed by atoms with Gasteiger partial charge in [-0.1, -0.05) is 12.1 Å². The van der Waals surface area contributed by atoms with Crippen LogP contribution in [0.5, 0.6) is 5.75 Å². The zero-order valence-electron chi connectivity index (χ0n) is 13.4. The van der Waals surface area contributed by atoms with Gasteiger partial charge in [0.2, 0.25) is 5.91 Å². The summed E-state index contributed by atoms with van der Waals surface area (Å²) in [7, 11) is 3.31. The van der Waals surface area contributed by atoms with Gasteiger partial charge in [0.1, 0.15) is 5.75 Å². The van der Waals surface area contributed by atoms with Crippen molar-refractivity contribution in [3.8, 4) is 5.75 Å². The molecule has 1 aliphatic heterocycles. The number of hydrogen-bond acceptors (Lipinski definition) is 4. The highest BCUT2D eigenvalue weighted by Gasteiger charge is 2.23. The molecule has 1 aliphatic rings. The van der Waals surface area contributed by atoms with Crippen molar-refractivity contribution >= 4 is 5.91 Å². The lowest BCUT2D eigenvalue weighted by atomic mass is 9.93. The fourth-order valence-electron chi connectivity index (χ4n) is 2.94. The van der Waals surface area contributed by atoms with Crippen molar-refractivity contribution in [3.63, 3.8) is 0 Å². The van der Waals surface area contributed by atoms with E-state index in [1.54, 1.807) is 14.2 Å². The number of hydrogen-bond donors (Lipinski definition) is 2. The van der Waals surface area contributed by atoms with Crippen LogP contribution in [0.25, 0.3) is 0 Å².